The molecular weight excluding hydrogens is 419 g/mol. The second-order valence-corrected chi connectivity index (χ2v) is 7.60. The summed E-state index contributed by atoms with van der Waals surface area (Å²) in [5, 5.41) is 11.1. The van der Waals surface area contributed by atoms with Gasteiger partial charge in [-0.2, -0.15) is 0 Å². The Morgan fingerprint density at radius 1 is 1.19 bits per heavy atom. The first kappa shape index (κ1) is 15.3. The van der Waals surface area contributed by atoms with Gasteiger partial charge in [-0.3, -0.25) is 0 Å². The summed E-state index contributed by atoms with van der Waals surface area (Å²) in [4.78, 5) is 0. The Morgan fingerprint density at radius 3 is 2.57 bits per heavy atom. The maximum absolute atomic E-state index is 10.5. The molecule has 1 N–H and O–H groups in total. The van der Waals surface area contributed by atoms with Crippen LogP contribution in [0.1, 0.15) is 30.6 Å². The van der Waals surface area contributed by atoms with Gasteiger partial charge >= 0.3 is 0 Å². The van der Waals surface area contributed by atoms with Crippen molar-refractivity contribution >= 4 is 43.5 Å². The van der Waals surface area contributed by atoms with Crippen LogP contribution in [-0.4, -0.2) is 5.11 Å². The maximum atomic E-state index is 10.5. The molecule has 21 heavy (non-hydrogen) atoms. The van der Waals surface area contributed by atoms with Crippen molar-refractivity contribution in [3.05, 3.63) is 61.5 Å². The summed E-state index contributed by atoms with van der Waals surface area (Å²) < 4.78 is 8.01. The zero-order valence-electron chi connectivity index (χ0n) is 11.2. The highest BCUT2D eigenvalue weighted by molar-refractivity contribution is 9.10. The van der Waals surface area contributed by atoms with Crippen LogP contribution in [0.2, 0.25) is 5.02 Å². The first-order chi connectivity index (χ1) is 9.89. The topological polar surface area (TPSA) is 29.5 Å². The van der Waals surface area contributed by atoms with E-state index < -0.39 is 11.7 Å². The lowest BCUT2D eigenvalue weighted by Gasteiger charge is -2.39. The number of benzene rings is 2. The van der Waals surface area contributed by atoms with Gasteiger partial charge in [0.15, 0.2) is 0 Å². The lowest BCUT2D eigenvalue weighted by Crippen LogP contribution is -2.35. The van der Waals surface area contributed by atoms with Gasteiger partial charge in [-0.05, 0) is 37.3 Å². The van der Waals surface area contributed by atoms with Crippen molar-refractivity contribution in [2.45, 2.75) is 25.0 Å². The van der Waals surface area contributed by atoms with Crippen LogP contribution >= 0.6 is 43.5 Å². The molecule has 0 aromatic heterocycles. The smallest absolute Gasteiger partial charge is 0.135 e. The summed E-state index contributed by atoms with van der Waals surface area (Å²) >= 11 is 13.2. The predicted octanol–water partition coefficient (Wildman–Crippen LogP) is 5.60. The van der Waals surface area contributed by atoms with E-state index in [0.29, 0.717) is 17.2 Å². The Morgan fingerprint density at radius 2 is 1.86 bits per heavy atom. The summed E-state index contributed by atoms with van der Waals surface area (Å²) in [6, 6.07) is 11.4. The zero-order valence-corrected chi connectivity index (χ0v) is 15.2. The van der Waals surface area contributed by atoms with Gasteiger partial charge in [0.1, 0.15) is 11.4 Å². The fraction of sp³-hybridized carbons (Fsp3) is 0.250. The number of hydrogen-bond acceptors (Lipinski definition) is 2. The molecule has 0 saturated carbocycles. The highest BCUT2D eigenvalue weighted by Gasteiger charge is 2.39. The fourth-order valence-corrected chi connectivity index (χ4v) is 3.97. The average molecular weight is 433 g/mol. The quantitative estimate of drug-likeness (QED) is 0.636. The summed E-state index contributed by atoms with van der Waals surface area (Å²) in [5.74, 6) is 0.693. The number of aliphatic hydroxyl groups is 1. The Hall–Kier alpha value is -0.550. The zero-order chi connectivity index (χ0) is 15.2. The lowest BCUT2D eigenvalue weighted by molar-refractivity contribution is -0.00482. The Labute approximate surface area is 145 Å². The van der Waals surface area contributed by atoms with Crippen molar-refractivity contribution in [2.75, 3.05) is 0 Å². The molecule has 3 rings (SSSR count). The van der Waals surface area contributed by atoms with Gasteiger partial charge in [0.25, 0.3) is 0 Å². The number of rotatable bonds is 1. The van der Waals surface area contributed by atoms with E-state index in [9.17, 15) is 5.11 Å². The van der Waals surface area contributed by atoms with Gasteiger partial charge in [-0.25, -0.2) is 0 Å². The number of hydrogen-bond donors (Lipinski definition) is 1. The molecule has 110 valence electrons. The van der Waals surface area contributed by atoms with Crippen molar-refractivity contribution in [2.24, 2.45) is 0 Å². The Balaban J connectivity index is 2.06. The number of ether oxygens (including phenoxy) is 1. The van der Waals surface area contributed by atoms with Crippen LogP contribution in [-0.2, 0) is 5.60 Å². The van der Waals surface area contributed by atoms with Crippen molar-refractivity contribution < 1.29 is 9.84 Å². The van der Waals surface area contributed by atoms with Gasteiger partial charge < -0.3 is 9.84 Å². The molecule has 2 aromatic rings. The first-order valence-corrected chi connectivity index (χ1v) is 8.47. The molecule has 1 aliphatic heterocycles. The van der Waals surface area contributed by atoms with E-state index in [1.807, 2.05) is 43.3 Å². The average Bonchev–Trinajstić information content (AvgIpc) is 2.39. The van der Waals surface area contributed by atoms with Crippen LogP contribution in [0.15, 0.2) is 45.3 Å². The first-order valence-electron chi connectivity index (χ1n) is 6.51. The van der Waals surface area contributed by atoms with E-state index in [4.69, 9.17) is 16.3 Å². The third kappa shape index (κ3) is 2.87. The monoisotopic (exact) mass is 430 g/mol. The van der Waals surface area contributed by atoms with Gasteiger partial charge in [0.2, 0.25) is 0 Å². The van der Waals surface area contributed by atoms with Crippen molar-refractivity contribution in [1.29, 1.82) is 0 Å². The Kier molecular flexibility index (Phi) is 4.08. The number of halogens is 3. The summed E-state index contributed by atoms with van der Waals surface area (Å²) in [7, 11) is 0. The number of aliphatic hydroxyl groups excluding tert-OH is 1. The third-order valence-electron chi connectivity index (χ3n) is 3.75. The fourth-order valence-electron chi connectivity index (χ4n) is 2.72. The molecule has 1 heterocycles. The van der Waals surface area contributed by atoms with E-state index in [1.54, 1.807) is 0 Å². The molecule has 0 amide bonds. The van der Waals surface area contributed by atoms with Crippen LogP contribution < -0.4 is 4.74 Å². The predicted molar refractivity (Wildman–Crippen MR) is 90.9 cm³/mol. The standard InChI is InChI=1S/C16H13Br2ClO2/c1-16(12-4-2-10(18)7-13(12)19)8-14(20)11-6-9(17)3-5-15(11)21-16/h2-7,14,20H,8H2,1H3/t14-,16?/m0/s1. The van der Waals surface area contributed by atoms with Gasteiger partial charge in [0.05, 0.1) is 6.10 Å². The maximum Gasteiger partial charge on any atom is 0.135 e. The second-order valence-electron chi connectivity index (χ2n) is 5.36. The molecule has 0 aliphatic carbocycles. The van der Waals surface area contributed by atoms with Crippen LogP contribution in [0.3, 0.4) is 0 Å². The molecule has 2 atom stereocenters. The molecule has 0 bridgehead atoms. The highest BCUT2D eigenvalue weighted by atomic mass is 79.9. The lowest BCUT2D eigenvalue weighted by atomic mass is 9.85. The van der Waals surface area contributed by atoms with Crippen LogP contribution in [0.25, 0.3) is 0 Å². The molecular formula is C16H13Br2ClO2. The molecule has 0 saturated heterocycles. The number of fused-ring (bicyclic) bond motifs is 1. The van der Waals surface area contributed by atoms with Crippen molar-refractivity contribution in [3.8, 4) is 5.75 Å². The minimum absolute atomic E-state index is 0.456. The van der Waals surface area contributed by atoms with E-state index in [0.717, 1.165) is 20.1 Å². The summed E-state index contributed by atoms with van der Waals surface area (Å²) in [5.41, 5.74) is 1.02. The summed E-state index contributed by atoms with van der Waals surface area (Å²) in [6.45, 7) is 1.95. The minimum Gasteiger partial charge on any atom is -0.482 e. The molecule has 2 aromatic carbocycles. The molecule has 0 fully saturated rings. The van der Waals surface area contributed by atoms with Crippen LogP contribution in [0.5, 0.6) is 5.75 Å². The molecule has 1 aliphatic rings. The highest BCUT2D eigenvalue weighted by Crippen LogP contribution is 2.47. The van der Waals surface area contributed by atoms with Gasteiger partial charge in [-0.15, -0.1) is 0 Å². The van der Waals surface area contributed by atoms with Crippen molar-refractivity contribution in [1.82, 2.24) is 0 Å². The Bertz CT molecular complexity index is 705. The van der Waals surface area contributed by atoms with Crippen LogP contribution in [0.4, 0.5) is 0 Å². The second kappa shape index (κ2) is 5.58. The van der Waals surface area contributed by atoms with Gasteiger partial charge in [0, 0.05) is 31.5 Å². The summed E-state index contributed by atoms with van der Waals surface area (Å²) in [6.07, 6.45) is -0.131. The van der Waals surface area contributed by atoms with Gasteiger partial charge in [-0.1, -0.05) is 49.5 Å². The minimum atomic E-state index is -0.655. The van der Waals surface area contributed by atoms with E-state index in [2.05, 4.69) is 31.9 Å². The largest absolute Gasteiger partial charge is 0.482 e. The molecule has 0 spiro atoms. The van der Waals surface area contributed by atoms with E-state index in [-0.39, 0.29) is 0 Å². The molecule has 0 radical (unpaired) electrons. The van der Waals surface area contributed by atoms with E-state index >= 15 is 0 Å². The SMILES string of the molecule is CC1(c2ccc(Br)cc2Cl)C[C@H](O)c2cc(Br)ccc2O1. The van der Waals surface area contributed by atoms with E-state index in [1.165, 1.54) is 0 Å². The molecule has 2 nitrogen and oxygen atoms in total. The molecule has 5 heteroatoms. The van der Waals surface area contributed by atoms with Crippen LogP contribution in [0, 0.1) is 0 Å². The normalized spacial score (nSPS) is 24.3. The molecule has 1 unspecified atom stereocenters. The third-order valence-corrected chi connectivity index (χ3v) is 5.05. The van der Waals surface area contributed by atoms with Crippen molar-refractivity contribution in [3.63, 3.8) is 0 Å².